The quantitative estimate of drug-likeness (QED) is 0.707. The fourth-order valence-electron chi connectivity index (χ4n) is 2.68. The van der Waals surface area contributed by atoms with Crippen molar-refractivity contribution in [2.45, 2.75) is 19.8 Å². The van der Waals surface area contributed by atoms with Gasteiger partial charge in [-0.25, -0.2) is 0 Å². The van der Waals surface area contributed by atoms with Crippen LogP contribution in [0.15, 0.2) is 66.7 Å². The molecule has 1 aliphatic rings. The zero-order valence-corrected chi connectivity index (χ0v) is 12.2. The average Bonchev–Trinajstić information content (AvgIpc) is 2.56. The first kappa shape index (κ1) is 13.6. The molecule has 0 spiro atoms. The number of carbonyl (C=O) groups excluding carboxylic acids is 1. The van der Waals surface area contributed by atoms with Crippen LogP contribution in [0.25, 0.3) is 11.1 Å². The highest BCUT2D eigenvalue weighted by atomic mass is 16.1. The average molecular weight is 274 g/mol. The number of Topliss-reactive ketones (excluding diaryl/α,β-unsaturated/α-hetero) is 1. The van der Waals surface area contributed by atoms with Crippen molar-refractivity contribution in [2.24, 2.45) is 0 Å². The molecule has 0 aliphatic heterocycles. The molecular formula is C20H18O. The van der Waals surface area contributed by atoms with E-state index in [4.69, 9.17) is 0 Å². The third kappa shape index (κ3) is 3.03. The summed E-state index contributed by atoms with van der Waals surface area (Å²) in [7, 11) is 0. The molecule has 1 nitrogen and oxygen atoms in total. The molecule has 0 unspecified atom stereocenters. The number of benzene rings is 2. The minimum atomic E-state index is 0.115. The Hall–Kier alpha value is -2.41. The highest BCUT2D eigenvalue weighted by Crippen LogP contribution is 2.31. The van der Waals surface area contributed by atoms with Crippen molar-refractivity contribution < 1.29 is 4.79 Å². The van der Waals surface area contributed by atoms with Gasteiger partial charge < -0.3 is 0 Å². The van der Waals surface area contributed by atoms with Gasteiger partial charge in [0.05, 0.1) is 0 Å². The van der Waals surface area contributed by atoms with E-state index in [1.54, 1.807) is 6.92 Å². The Morgan fingerprint density at radius 3 is 2.29 bits per heavy atom. The van der Waals surface area contributed by atoms with E-state index in [9.17, 15) is 4.79 Å². The van der Waals surface area contributed by atoms with Gasteiger partial charge in [0.15, 0.2) is 5.78 Å². The molecule has 3 rings (SSSR count). The van der Waals surface area contributed by atoms with Crippen molar-refractivity contribution >= 4 is 16.9 Å². The van der Waals surface area contributed by atoms with E-state index in [-0.39, 0.29) is 5.78 Å². The second-order valence-corrected chi connectivity index (χ2v) is 5.37. The number of carbonyl (C=O) groups is 1. The van der Waals surface area contributed by atoms with Gasteiger partial charge in [0, 0.05) is 5.56 Å². The van der Waals surface area contributed by atoms with Gasteiger partial charge in [-0.3, -0.25) is 4.79 Å². The minimum Gasteiger partial charge on any atom is -0.295 e. The van der Waals surface area contributed by atoms with Gasteiger partial charge in [-0.2, -0.15) is 0 Å². The number of allylic oxidation sites excluding steroid dienone is 4. The molecular weight excluding hydrogens is 256 g/mol. The van der Waals surface area contributed by atoms with E-state index < -0.39 is 0 Å². The van der Waals surface area contributed by atoms with E-state index in [1.165, 1.54) is 22.3 Å². The first-order valence-corrected chi connectivity index (χ1v) is 7.31. The zero-order valence-electron chi connectivity index (χ0n) is 12.2. The van der Waals surface area contributed by atoms with Crippen molar-refractivity contribution in [1.82, 2.24) is 0 Å². The summed E-state index contributed by atoms with van der Waals surface area (Å²) in [4.78, 5) is 11.3. The van der Waals surface area contributed by atoms with Crippen LogP contribution in [-0.2, 0) is 0 Å². The van der Waals surface area contributed by atoms with E-state index in [1.807, 2.05) is 18.2 Å². The smallest absolute Gasteiger partial charge is 0.159 e. The molecule has 1 heteroatoms. The highest BCUT2D eigenvalue weighted by molar-refractivity contribution is 5.94. The Kier molecular flexibility index (Phi) is 3.83. The van der Waals surface area contributed by atoms with Crippen molar-refractivity contribution in [2.75, 3.05) is 0 Å². The van der Waals surface area contributed by atoms with Gasteiger partial charge in [0.1, 0.15) is 0 Å². The molecule has 104 valence electrons. The summed E-state index contributed by atoms with van der Waals surface area (Å²) >= 11 is 0. The van der Waals surface area contributed by atoms with Crippen LogP contribution in [0.1, 0.15) is 41.3 Å². The Balaban J connectivity index is 1.90. The van der Waals surface area contributed by atoms with E-state index >= 15 is 0 Å². The van der Waals surface area contributed by atoms with Gasteiger partial charge >= 0.3 is 0 Å². The fraction of sp³-hybridized carbons (Fsp3) is 0.150. The molecule has 0 saturated carbocycles. The lowest BCUT2D eigenvalue weighted by atomic mass is 9.90. The maximum absolute atomic E-state index is 11.3. The number of ketones is 1. The summed E-state index contributed by atoms with van der Waals surface area (Å²) in [6, 6.07) is 18.4. The normalized spacial score (nSPS) is 14.3. The molecule has 1 aliphatic carbocycles. The molecule has 0 amide bonds. The van der Waals surface area contributed by atoms with E-state index in [2.05, 4.69) is 48.6 Å². The van der Waals surface area contributed by atoms with Gasteiger partial charge in [-0.1, -0.05) is 66.7 Å². The molecule has 21 heavy (non-hydrogen) atoms. The van der Waals surface area contributed by atoms with Crippen LogP contribution in [-0.4, -0.2) is 5.78 Å². The summed E-state index contributed by atoms with van der Waals surface area (Å²) in [6.45, 7) is 1.60. The Morgan fingerprint density at radius 1 is 0.905 bits per heavy atom. The molecule has 2 aromatic rings. The van der Waals surface area contributed by atoms with Crippen LogP contribution in [0.3, 0.4) is 0 Å². The molecule has 0 fully saturated rings. The Bertz CT molecular complexity index is 703. The molecule has 0 heterocycles. The van der Waals surface area contributed by atoms with Gasteiger partial charge in [-0.05, 0) is 42.0 Å². The molecule has 0 aromatic heterocycles. The minimum absolute atomic E-state index is 0.115. The molecule has 0 bridgehead atoms. The lowest BCUT2D eigenvalue weighted by Gasteiger charge is -2.15. The highest BCUT2D eigenvalue weighted by Gasteiger charge is 2.09. The van der Waals surface area contributed by atoms with Crippen LogP contribution >= 0.6 is 0 Å². The zero-order chi connectivity index (χ0) is 14.7. The van der Waals surface area contributed by atoms with Crippen molar-refractivity contribution in [3.63, 3.8) is 0 Å². The third-order valence-corrected chi connectivity index (χ3v) is 3.88. The SMILES string of the molecule is CC(=O)c1ccc(C2=CC(c3ccccc3)=CCC2)cc1. The lowest BCUT2D eigenvalue weighted by molar-refractivity contribution is 0.101. The fourth-order valence-corrected chi connectivity index (χ4v) is 2.68. The first-order valence-electron chi connectivity index (χ1n) is 7.31. The van der Waals surface area contributed by atoms with Gasteiger partial charge in [-0.15, -0.1) is 0 Å². The van der Waals surface area contributed by atoms with Crippen LogP contribution in [0.2, 0.25) is 0 Å². The van der Waals surface area contributed by atoms with Crippen LogP contribution in [0.4, 0.5) is 0 Å². The number of rotatable bonds is 3. The summed E-state index contributed by atoms with van der Waals surface area (Å²) in [5, 5.41) is 0. The summed E-state index contributed by atoms with van der Waals surface area (Å²) in [6.07, 6.45) is 6.67. The summed E-state index contributed by atoms with van der Waals surface area (Å²) in [5.41, 5.74) is 5.87. The van der Waals surface area contributed by atoms with Crippen LogP contribution in [0, 0.1) is 0 Å². The molecule has 0 radical (unpaired) electrons. The number of hydrogen-bond acceptors (Lipinski definition) is 1. The maximum Gasteiger partial charge on any atom is 0.159 e. The summed E-state index contributed by atoms with van der Waals surface area (Å²) in [5.74, 6) is 0.115. The first-order chi connectivity index (χ1) is 10.2. The van der Waals surface area contributed by atoms with E-state index in [0.29, 0.717) is 0 Å². The summed E-state index contributed by atoms with van der Waals surface area (Å²) < 4.78 is 0. The van der Waals surface area contributed by atoms with E-state index in [0.717, 1.165) is 18.4 Å². The molecule has 0 atom stereocenters. The van der Waals surface area contributed by atoms with Crippen molar-refractivity contribution in [1.29, 1.82) is 0 Å². The lowest BCUT2D eigenvalue weighted by Crippen LogP contribution is -1.95. The second-order valence-electron chi connectivity index (χ2n) is 5.37. The largest absolute Gasteiger partial charge is 0.295 e. The van der Waals surface area contributed by atoms with Crippen LogP contribution in [0.5, 0.6) is 0 Å². The molecule has 0 N–H and O–H groups in total. The van der Waals surface area contributed by atoms with Gasteiger partial charge in [0.25, 0.3) is 0 Å². The molecule has 2 aromatic carbocycles. The Labute approximate surface area is 125 Å². The van der Waals surface area contributed by atoms with Crippen molar-refractivity contribution in [3.05, 3.63) is 83.4 Å². The second kappa shape index (κ2) is 5.92. The topological polar surface area (TPSA) is 17.1 Å². The monoisotopic (exact) mass is 274 g/mol. The predicted molar refractivity (Wildman–Crippen MR) is 88.1 cm³/mol. The number of hydrogen-bond donors (Lipinski definition) is 0. The third-order valence-electron chi connectivity index (χ3n) is 3.88. The predicted octanol–water partition coefficient (Wildman–Crippen LogP) is 5.15. The standard InChI is InChI=1S/C20H18O/c1-15(21)16-10-12-18(13-11-16)20-9-5-8-19(14-20)17-6-3-2-4-7-17/h2-4,6-8,10-14H,5,9H2,1H3. The van der Waals surface area contributed by atoms with Crippen LogP contribution < -0.4 is 0 Å². The molecule has 0 saturated heterocycles. The maximum atomic E-state index is 11.3. The Morgan fingerprint density at radius 2 is 1.62 bits per heavy atom. The van der Waals surface area contributed by atoms with Gasteiger partial charge in [0.2, 0.25) is 0 Å². The van der Waals surface area contributed by atoms with Crippen molar-refractivity contribution in [3.8, 4) is 0 Å².